The summed E-state index contributed by atoms with van der Waals surface area (Å²) in [5.74, 6) is 2.67. The van der Waals surface area contributed by atoms with Crippen LogP contribution in [0.15, 0.2) is 42.7 Å². The van der Waals surface area contributed by atoms with E-state index in [9.17, 15) is 0 Å². The van der Waals surface area contributed by atoms with Crippen LogP contribution in [0.2, 0.25) is 0 Å². The number of hydrogen-bond acceptors (Lipinski definition) is 4. The molecular weight excluding hydrogens is 292 g/mol. The summed E-state index contributed by atoms with van der Waals surface area (Å²) < 4.78 is 3.20. The Hall–Kier alpha value is -2.84. The van der Waals surface area contributed by atoms with Gasteiger partial charge < -0.3 is 10.3 Å². The van der Waals surface area contributed by atoms with Crippen LogP contribution in [-0.2, 0) is 6.54 Å². The molecule has 0 amide bonds. The molecule has 2 N–H and O–H groups in total. The standard InChI is InChI=1S/C17H12N4S/c1-2-11-3-5-13-15(7-11)21(10-19-13)9-12-4-6-14-16(8-12)22-17(18)20-14/h1,3-8,10H,9H2,(H2,18,20). The number of fused-ring (bicyclic) bond motifs is 2. The highest BCUT2D eigenvalue weighted by Gasteiger charge is 2.06. The molecule has 2 aromatic heterocycles. The van der Waals surface area contributed by atoms with Gasteiger partial charge in [-0.15, -0.1) is 6.42 Å². The number of nitrogens with zero attached hydrogens (tertiary/aromatic N) is 3. The molecule has 0 saturated heterocycles. The third-order valence-corrected chi connectivity index (χ3v) is 4.46. The molecule has 0 aliphatic heterocycles. The average Bonchev–Trinajstić information content (AvgIpc) is 3.09. The van der Waals surface area contributed by atoms with Gasteiger partial charge in [-0.3, -0.25) is 0 Å². The Morgan fingerprint density at radius 2 is 2.05 bits per heavy atom. The SMILES string of the molecule is C#Cc1ccc2ncn(Cc3ccc4nc(N)sc4c3)c2c1. The zero-order valence-corrected chi connectivity index (χ0v) is 12.5. The quantitative estimate of drug-likeness (QED) is 0.578. The van der Waals surface area contributed by atoms with Crippen molar-refractivity contribution >= 4 is 37.7 Å². The molecule has 0 bridgehead atoms. The predicted molar refractivity (Wildman–Crippen MR) is 90.8 cm³/mol. The van der Waals surface area contributed by atoms with Crippen LogP contribution in [0.3, 0.4) is 0 Å². The molecule has 0 fully saturated rings. The van der Waals surface area contributed by atoms with E-state index in [1.807, 2.05) is 30.6 Å². The topological polar surface area (TPSA) is 56.7 Å². The molecule has 5 heteroatoms. The lowest BCUT2D eigenvalue weighted by atomic mass is 10.2. The summed E-state index contributed by atoms with van der Waals surface area (Å²) in [6.45, 7) is 0.734. The molecule has 0 atom stereocenters. The highest BCUT2D eigenvalue weighted by atomic mass is 32.1. The van der Waals surface area contributed by atoms with Crippen LogP contribution >= 0.6 is 11.3 Å². The zero-order chi connectivity index (χ0) is 15.1. The molecule has 2 heterocycles. The minimum atomic E-state index is 0.596. The summed E-state index contributed by atoms with van der Waals surface area (Å²) in [5, 5.41) is 0.596. The molecule has 4 nitrogen and oxygen atoms in total. The normalized spacial score (nSPS) is 11.0. The van der Waals surface area contributed by atoms with Crippen molar-refractivity contribution in [3.8, 4) is 12.3 Å². The molecule has 0 spiro atoms. The second-order valence-electron chi connectivity index (χ2n) is 5.07. The van der Waals surface area contributed by atoms with Crippen LogP contribution in [0.5, 0.6) is 0 Å². The minimum Gasteiger partial charge on any atom is -0.375 e. The first kappa shape index (κ1) is 12.9. The lowest BCUT2D eigenvalue weighted by Crippen LogP contribution is -1.97. The van der Waals surface area contributed by atoms with Crippen molar-refractivity contribution in [1.29, 1.82) is 0 Å². The summed E-state index contributed by atoms with van der Waals surface area (Å²) >= 11 is 1.50. The molecule has 2 aromatic carbocycles. The van der Waals surface area contributed by atoms with E-state index in [4.69, 9.17) is 12.2 Å². The van der Waals surface area contributed by atoms with Gasteiger partial charge in [-0.1, -0.05) is 23.3 Å². The van der Waals surface area contributed by atoms with Crippen LogP contribution in [-0.4, -0.2) is 14.5 Å². The Morgan fingerprint density at radius 1 is 1.18 bits per heavy atom. The van der Waals surface area contributed by atoms with Crippen molar-refractivity contribution in [2.24, 2.45) is 0 Å². The molecule has 0 radical (unpaired) electrons. The molecule has 0 unspecified atom stereocenters. The van der Waals surface area contributed by atoms with Gasteiger partial charge >= 0.3 is 0 Å². The van der Waals surface area contributed by atoms with Gasteiger partial charge in [0.2, 0.25) is 0 Å². The third-order valence-electron chi connectivity index (χ3n) is 3.61. The lowest BCUT2D eigenvalue weighted by Gasteiger charge is -2.05. The Balaban J connectivity index is 1.76. The maximum Gasteiger partial charge on any atom is 0.181 e. The van der Waals surface area contributed by atoms with Crippen LogP contribution in [0.1, 0.15) is 11.1 Å². The van der Waals surface area contributed by atoms with Crippen LogP contribution in [0.4, 0.5) is 5.13 Å². The van der Waals surface area contributed by atoms with E-state index in [-0.39, 0.29) is 0 Å². The monoisotopic (exact) mass is 304 g/mol. The number of imidazole rings is 1. The first-order chi connectivity index (χ1) is 10.7. The van der Waals surface area contributed by atoms with Crippen molar-refractivity contribution in [1.82, 2.24) is 14.5 Å². The largest absolute Gasteiger partial charge is 0.375 e. The summed E-state index contributed by atoms with van der Waals surface area (Å²) in [5.41, 5.74) is 10.7. The van der Waals surface area contributed by atoms with E-state index in [0.29, 0.717) is 5.13 Å². The maximum absolute atomic E-state index is 5.76. The van der Waals surface area contributed by atoms with Crippen LogP contribution in [0, 0.1) is 12.3 Å². The number of aromatic nitrogens is 3. The number of anilines is 1. The van der Waals surface area contributed by atoms with E-state index in [1.165, 1.54) is 16.9 Å². The Morgan fingerprint density at radius 3 is 2.91 bits per heavy atom. The average molecular weight is 304 g/mol. The van der Waals surface area contributed by atoms with Gasteiger partial charge in [-0.2, -0.15) is 0 Å². The molecule has 22 heavy (non-hydrogen) atoms. The van der Waals surface area contributed by atoms with Gasteiger partial charge in [0, 0.05) is 12.1 Å². The van der Waals surface area contributed by atoms with E-state index in [0.717, 1.165) is 33.4 Å². The smallest absolute Gasteiger partial charge is 0.181 e. The third kappa shape index (κ3) is 2.10. The van der Waals surface area contributed by atoms with Crippen molar-refractivity contribution in [2.45, 2.75) is 6.54 Å². The van der Waals surface area contributed by atoms with Crippen LogP contribution in [0.25, 0.3) is 21.3 Å². The number of terminal acetylenes is 1. The van der Waals surface area contributed by atoms with Crippen LogP contribution < -0.4 is 5.73 Å². The summed E-state index contributed by atoms with van der Waals surface area (Å²) in [6.07, 6.45) is 7.32. The minimum absolute atomic E-state index is 0.596. The molecule has 0 saturated carbocycles. The second kappa shape index (κ2) is 4.86. The number of nitrogen functional groups attached to an aromatic ring is 1. The highest BCUT2D eigenvalue weighted by molar-refractivity contribution is 7.22. The molecule has 4 rings (SSSR count). The number of hydrogen-bond donors (Lipinski definition) is 1. The maximum atomic E-state index is 5.76. The first-order valence-corrected chi connectivity index (χ1v) is 7.61. The predicted octanol–water partition coefficient (Wildman–Crippen LogP) is 3.26. The van der Waals surface area contributed by atoms with Gasteiger partial charge in [0.05, 0.1) is 27.6 Å². The summed E-state index contributed by atoms with van der Waals surface area (Å²) in [7, 11) is 0. The number of rotatable bonds is 2. The van der Waals surface area contributed by atoms with Crippen molar-refractivity contribution in [3.05, 3.63) is 53.9 Å². The highest BCUT2D eigenvalue weighted by Crippen LogP contribution is 2.25. The Kier molecular flexibility index (Phi) is 2.84. The van der Waals surface area contributed by atoms with Gasteiger partial charge in [0.15, 0.2) is 5.13 Å². The van der Waals surface area contributed by atoms with Gasteiger partial charge in [0.25, 0.3) is 0 Å². The number of nitrogens with two attached hydrogens (primary N) is 1. The molecule has 4 aromatic rings. The Labute approximate surface area is 131 Å². The molecule has 106 valence electrons. The fourth-order valence-electron chi connectivity index (χ4n) is 2.55. The van der Waals surface area contributed by atoms with Gasteiger partial charge in [-0.25, -0.2) is 9.97 Å². The fourth-order valence-corrected chi connectivity index (χ4v) is 3.35. The second-order valence-corrected chi connectivity index (χ2v) is 6.14. The van der Waals surface area contributed by atoms with E-state index < -0.39 is 0 Å². The van der Waals surface area contributed by atoms with E-state index >= 15 is 0 Å². The molecule has 0 aliphatic carbocycles. The van der Waals surface area contributed by atoms with Crippen molar-refractivity contribution < 1.29 is 0 Å². The summed E-state index contributed by atoms with van der Waals surface area (Å²) in [4.78, 5) is 8.70. The van der Waals surface area contributed by atoms with Crippen molar-refractivity contribution in [3.63, 3.8) is 0 Å². The summed E-state index contributed by atoms with van der Waals surface area (Å²) in [6, 6.07) is 12.0. The first-order valence-electron chi connectivity index (χ1n) is 6.79. The zero-order valence-electron chi connectivity index (χ0n) is 11.7. The van der Waals surface area contributed by atoms with E-state index in [1.54, 1.807) is 0 Å². The van der Waals surface area contributed by atoms with Gasteiger partial charge in [0.1, 0.15) is 0 Å². The Bertz CT molecular complexity index is 1040. The molecule has 0 aliphatic rings. The number of thiazole rings is 1. The molecular formula is C17H12N4S. The van der Waals surface area contributed by atoms with E-state index in [2.05, 4.69) is 32.6 Å². The lowest BCUT2D eigenvalue weighted by molar-refractivity contribution is 0.826. The van der Waals surface area contributed by atoms with Gasteiger partial charge in [-0.05, 0) is 35.9 Å². The number of benzene rings is 2. The van der Waals surface area contributed by atoms with Crippen molar-refractivity contribution in [2.75, 3.05) is 5.73 Å². The fraction of sp³-hybridized carbons (Fsp3) is 0.0588.